The topological polar surface area (TPSA) is 29.5 Å². The van der Waals surface area contributed by atoms with Crippen LogP contribution in [0.15, 0.2) is 24.3 Å². The first-order valence-electron chi connectivity index (χ1n) is 9.91. The Labute approximate surface area is 152 Å². The van der Waals surface area contributed by atoms with Gasteiger partial charge in [-0.2, -0.15) is 0 Å². The fourth-order valence-corrected chi connectivity index (χ4v) is 4.96. The van der Waals surface area contributed by atoms with E-state index in [9.17, 15) is 4.79 Å². The van der Waals surface area contributed by atoms with Gasteiger partial charge < -0.3 is 4.74 Å². The predicted octanol–water partition coefficient (Wildman–Crippen LogP) is 4.54. The van der Waals surface area contributed by atoms with Crippen molar-refractivity contribution >= 4 is 5.97 Å². The SMILES string of the molecule is COC(=O)C1C(c2ccc(C)cc2)CC2CCC1N2CCCC(C)C. The summed E-state index contributed by atoms with van der Waals surface area (Å²) in [6.07, 6.45) is 5.94. The zero-order chi connectivity index (χ0) is 18.0. The van der Waals surface area contributed by atoms with Gasteiger partial charge in [-0.1, -0.05) is 43.7 Å². The summed E-state index contributed by atoms with van der Waals surface area (Å²) in [4.78, 5) is 15.3. The number of aryl methyl sites for hydroxylation is 1. The largest absolute Gasteiger partial charge is 0.469 e. The third-order valence-electron chi connectivity index (χ3n) is 6.24. The number of hydrogen-bond acceptors (Lipinski definition) is 3. The van der Waals surface area contributed by atoms with Gasteiger partial charge in [-0.3, -0.25) is 9.69 Å². The normalized spacial score (nSPS) is 29.2. The van der Waals surface area contributed by atoms with Crippen LogP contribution in [0.2, 0.25) is 0 Å². The monoisotopic (exact) mass is 343 g/mol. The lowest BCUT2D eigenvalue weighted by atomic mass is 9.75. The molecule has 138 valence electrons. The molecule has 0 amide bonds. The fraction of sp³-hybridized carbons (Fsp3) is 0.682. The molecule has 3 rings (SSSR count). The zero-order valence-electron chi connectivity index (χ0n) is 16.2. The van der Waals surface area contributed by atoms with Crippen molar-refractivity contribution in [2.45, 2.75) is 70.9 Å². The average Bonchev–Trinajstić information content (AvgIpc) is 2.86. The first kappa shape index (κ1) is 18.4. The summed E-state index contributed by atoms with van der Waals surface area (Å²) in [5.41, 5.74) is 2.58. The lowest BCUT2D eigenvalue weighted by Crippen LogP contribution is -2.51. The maximum atomic E-state index is 12.7. The number of carbonyl (C=O) groups is 1. The Morgan fingerprint density at radius 2 is 1.96 bits per heavy atom. The van der Waals surface area contributed by atoms with Gasteiger partial charge in [0.15, 0.2) is 0 Å². The molecule has 25 heavy (non-hydrogen) atoms. The first-order chi connectivity index (χ1) is 12.0. The summed E-state index contributed by atoms with van der Waals surface area (Å²) in [5.74, 6) is 1.00. The van der Waals surface area contributed by atoms with Crippen LogP contribution in [0.3, 0.4) is 0 Å². The third kappa shape index (κ3) is 3.92. The Balaban J connectivity index is 1.80. The van der Waals surface area contributed by atoms with Crippen LogP contribution in [0, 0.1) is 18.8 Å². The predicted molar refractivity (Wildman–Crippen MR) is 102 cm³/mol. The number of methoxy groups -OCH3 is 1. The van der Waals surface area contributed by atoms with Gasteiger partial charge in [0.25, 0.3) is 0 Å². The minimum Gasteiger partial charge on any atom is -0.469 e. The first-order valence-corrected chi connectivity index (χ1v) is 9.91. The second kappa shape index (κ2) is 7.90. The van der Waals surface area contributed by atoms with Gasteiger partial charge in [0.1, 0.15) is 0 Å². The van der Waals surface area contributed by atoms with Crippen LogP contribution in [0.4, 0.5) is 0 Å². The molecule has 4 unspecified atom stereocenters. The van der Waals surface area contributed by atoms with Gasteiger partial charge in [0.05, 0.1) is 13.0 Å². The molecule has 3 heteroatoms. The van der Waals surface area contributed by atoms with Crippen molar-refractivity contribution in [2.75, 3.05) is 13.7 Å². The minimum absolute atomic E-state index is 0.0227. The summed E-state index contributed by atoms with van der Waals surface area (Å²) >= 11 is 0. The number of piperidine rings is 1. The van der Waals surface area contributed by atoms with Crippen molar-refractivity contribution in [3.63, 3.8) is 0 Å². The lowest BCUT2D eigenvalue weighted by Gasteiger charge is -2.43. The van der Waals surface area contributed by atoms with Crippen LogP contribution in [-0.2, 0) is 9.53 Å². The molecule has 1 aromatic carbocycles. The molecular formula is C22H33NO2. The van der Waals surface area contributed by atoms with E-state index in [2.05, 4.69) is 49.9 Å². The second-order valence-electron chi connectivity index (χ2n) is 8.37. The Bertz CT molecular complexity index is 580. The van der Waals surface area contributed by atoms with Crippen molar-refractivity contribution in [1.82, 2.24) is 4.90 Å². The molecule has 2 bridgehead atoms. The number of carbonyl (C=O) groups excluding carboxylic acids is 1. The Kier molecular flexibility index (Phi) is 5.83. The standard InChI is InChI=1S/C22H33NO2/c1-15(2)6-5-13-23-18-11-12-20(23)21(22(24)25-4)19(14-18)17-9-7-16(3)8-10-17/h7-10,15,18-21H,5-6,11-14H2,1-4H3. The van der Waals surface area contributed by atoms with Crippen LogP contribution >= 0.6 is 0 Å². The smallest absolute Gasteiger partial charge is 0.310 e. The van der Waals surface area contributed by atoms with Crippen LogP contribution < -0.4 is 0 Å². The highest BCUT2D eigenvalue weighted by atomic mass is 16.5. The fourth-order valence-electron chi connectivity index (χ4n) is 4.96. The Hall–Kier alpha value is -1.35. The summed E-state index contributed by atoms with van der Waals surface area (Å²) in [7, 11) is 1.54. The molecule has 0 spiro atoms. The minimum atomic E-state index is -0.0233. The number of fused-ring (bicyclic) bond motifs is 2. The maximum absolute atomic E-state index is 12.7. The van der Waals surface area contributed by atoms with Crippen molar-refractivity contribution < 1.29 is 9.53 Å². The van der Waals surface area contributed by atoms with E-state index >= 15 is 0 Å². The highest BCUT2D eigenvalue weighted by molar-refractivity contribution is 5.75. The quantitative estimate of drug-likeness (QED) is 0.710. The van der Waals surface area contributed by atoms with Crippen molar-refractivity contribution in [3.8, 4) is 0 Å². The molecule has 2 aliphatic rings. The molecule has 4 atom stereocenters. The molecule has 0 aliphatic carbocycles. The van der Waals surface area contributed by atoms with Crippen LogP contribution in [-0.4, -0.2) is 36.6 Å². The molecule has 2 heterocycles. The number of ether oxygens (including phenoxy) is 1. The molecular weight excluding hydrogens is 310 g/mol. The van der Waals surface area contributed by atoms with Crippen molar-refractivity contribution in [3.05, 3.63) is 35.4 Å². The lowest BCUT2D eigenvalue weighted by molar-refractivity contribution is -0.150. The van der Waals surface area contributed by atoms with Gasteiger partial charge in [-0.05, 0) is 57.1 Å². The molecule has 0 radical (unpaired) electrons. The molecule has 3 nitrogen and oxygen atoms in total. The number of esters is 1. The van der Waals surface area contributed by atoms with Gasteiger partial charge in [0, 0.05) is 18.0 Å². The van der Waals surface area contributed by atoms with E-state index in [1.807, 2.05) is 0 Å². The number of benzene rings is 1. The van der Waals surface area contributed by atoms with Crippen LogP contribution in [0.5, 0.6) is 0 Å². The van der Waals surface area contributed by atoms with Gasteiger partial charge in [0.2, 0.25) is 0 Å². The molecule has 0 saturated carbocycles. The zero-order valence-corrected chi connectivity index (χ0v) is 16.2. The highest BCUT2D eigenvalue weighted by Gasteiger charge is 2.50. The van der Waals surface area contributed by atoms with E-state index in [0.29, 0.717) is 18.0 Å². The van der Waals surface area contributed by atoms with Crippen molar-refractivity contribution in [2.24, 2.45) is 11.8 Å². The summed E-state index contributed by atoms with van der Waals surface area (Å²) in [5, 5.41) is 0. The highest BCUT2D eigenvalue weighted by Crippen LogP contribution is 2.47. The van der Waals surface area contributed by atoms with E-state index in [1.165, 1.54) is 30.4 Å². The van der Waals surface area contributed by atoms with Crippen LogP contribution in [0.1, 0.15) is 63.0 Å². The van der Waals surface area contributed by atoms with E-state index in [0.717, 1.165) is 25.3 Å². The summed E-state index contributed by atoms with van der Waals surface area (Å²) in [6, 6.07) is 9.74. The van der Waals surface area contributed by atoms with E-state index in [1.54, 1.807) is 7.11 Å². The molecule has 2 fully saturated rings. The number of nitrogens with zero attached hydrogens (tertiary/aromatic N) is 1. The molecule has 0 N–H and O–H groups in total. The molecule has 0 aromatic heterocycles. The van der Waals surface area contributed by atoms with Crippen molar-refractivity contribution in [1.29, 1.82) is 0 Å². The maximum Gasteiger partial charge on any atom is 0.310 e. The Morgan fingerprint density at radius 3 is 2.60 bits per heavy atom. The number of hydrogen-bond donors (Lipinski definition) is 0. The van der Waals surface area contributed by atoms with Gasteiger partial charge >= 0.3 is 5.97 Å². The number of rotatable bonds is 6. The van der Waals surface area contributed by atoms with Gasteiger partial charge in [-0.25, -0.2) is 0 Å². The summed E-state index contributed by atoms with van der Waals surface area (Å²) in [6.45, 7) is 7.81. The Morgan fingerprint density at radius 1 is 1.24 bits per heavy atom. The van der Waals surface area contributed by atoms with E-state index in [-0.39, 0.29) is 11.9 Å². The average molecular weight is 344 g/mol. The second-order valence-corrected chi connectivity index (χ2v) is 8.37. The summed E-state index contributed by atoms with van der Waals surface area (Å²) < 4.78 is 5.24. The van der Waals surface area contributed by atoms with Gasteiger partial charge in [-0.15, -0.1) is 0 Å². The molecule has 2 aliphatic heterocycles. The molecule has 2 saturated heterocycles. The van der Waals surface area contributed by atoms with E-state index < -0.39 is 0 Å². The molecule has 1 aromatic rings. The third-order valence-corrected chi connectivity index (χ3v) is 6.24. The van der Waals surface area contributed by atoms with Crippen LogP contribution in [0.25, 0.3) is 0 Å². The van der Waals surface area contributed by atoms with E-state index in [4.69, 9.17) is 4.74 Å².